The average molecular weight is 216 g/mol. The van der Waals surface area contributed by atoms with Gasteiger partial charge in [0.25, 0.3) is 0 Å². The van der Waals surface area contributed by atoms with Crippen LogP contribution in [0.5, 0.6) is 0 Å². The van der Waals surface area contributed by atoms with Gasteiger partial charge in [-0.05, 0) is 46.1 Å². The minimum Gasteiger partial charge on any atom is -0.480 e. The second-order valence-corrected chi connectivity index (χ2v) is 3.92. The minimum atomic E-state index is -0.737. The number of carboxylic acids is 1. The Labute approximate surface area is 92.9 Å². The molecule has 0 heterocycles. The van der Waals surface area contributed by atoms with Crippen molar-refractivity contribution < 1.29 is 9.90 Å². The van der Waals surface area contributed by atoms with Gasteiger partial charge < -0.3 is 10.0 Å². The van der Waals surface area contributed by atoms with E-state index in [0.29, 0.717) is 0 Å². The number of rotatable bonds is 9. The predicted molar refractivity (Wildman–Crippen MR) is 62.2 cm³/mol. The number of nitrogens with zero attached hydrogens (tertiary/aromatic N) is 2. The lowest BCUT2D eigenvalue weighted by molar-refractivity contribution is -0.138. The van der Waals surface area contributed by atoms with Crippen LogP contribution in [0.1, 0.15) is 26.7 Å². The lowest BCUT2D eigenvalue weighted by Crippen LogP contribution is -2.32. The fourth-order valence-electron chi connectivity index (χ4n) is 1.60. The van der Waals surface area contributed by atoms with Crippen molar-refractivity contribution >= 4 is 5.97 Å². The number of carbonyl (C=O) groups is 1. The molecule has 0 aliphatic rings. The first-order chi connectivity index (χ1) is 7.10. The zero-order valence-electron chi connectivity index (χ0n) is 10.2. The fraction of sp³-hybridized carbons (Fsp3) is 0.909. The molecule has 1 N–H and O–H groups in total. The molecule has 0 amide bonds. The van der Waals surface area contributed by atoms with Crippen molar-refractivity contribution in [3.8, 4) is 0 Å². The molecule has 0 aromatic heterocycles. The molecule has 4 nitrogen and oxygen atoms in total. The van der Waals surface area contributed by atoms with Crippen molar-refractivity contribution in [3.63, 3.8) is 0 Å². The lowest BCUT2D eigenvalue weighted by Gasteiger charge is -2.20. The zero-order valence-corrected chi connectivity index (χ0v) is 10.2. The van der Waals surface area contributed by atoms with Gasteiger partial charge in [-0.15, -0.1) is 0 Å². The van der Waals surface area contributed by atoms with Gasteiger partial charge in [-0.25, -0.2) is 0 Å². The van der Waals surface area contributed by atoms with E-state index in [1.54, 1.807) is 0 Å². The summed E-state index contributed by atoms with van der Waals surface area (Å²) < 4.78 is 0. The molecule has 0 saturated carbocycles. The van der Waals surface area contributed by atoms with Crippen LogP contribution in [0.4, 0.5) is 0 Å². The SMILES string of the molecule is CCCN(C)CCCN(CC)CC(=O)O. The Balaban J connectivity index is 3.58. The third-order valence-corrected chi connectivity index (χ3v) is 2.43. The van der Waals surface area contributed by atoms with E-state index in [4.69, 9.17) is 5.11 Å². The highest BCUT2D eigenvalue weighted by Gasteiger charge is 2.07. The molecule has 0 rings (SSSR count). The van der Waals surface area contributed by atoms with E-state index in [1.165, 1.54) is 6.42 Å². The van der Waals surface area contributed by atoms with Crippen LogP contribution in [0.15, 0.2) is 0 Å². The number of hydrogen-bond donors (Lipinski definition) is 1. The monoisotopic (exact) mass is 216 g/mol. The molecule has 0 aromatic rings. The summed E-state index contributed by atoms with van der Waals surface area (Å²) in [5, 5.41) is 8.66. The number of hydrogen-bond acceptors (Lipinski definition) is 3. The standard InChI is InChI=1S/C11H24N2O2/c1-4-7-12(3)8-6-9-13(5-2)10-11(14)15/h4-10H2,1-3H3,(H,14,15). The molecule has 0 bridgehead atoms. The van der Waals surface area contributed by atoms with E-state index in [9.17, 15) is 4.79 Å². The fourth-order valence-corrected chi connectivity index (χ4v) is 1.60. The molecule has 15 heavy (non-hydrogen) atoms. The third kappa shape index (κ3) is 8.39. The summed E-state index contributed by atoms with van der Waals surface area (Å²) in [6, 6.07) is 0. The van der Waals surface area contributed by atoms with Crippen LogP contribution in [0.3, 0.4) is 0 Å². The molecule has 0 aromatic carbocycles. The van der Waals surface area contributed by atoms with Crippen LogP contribution in [-0.4, -0.2) is 60.6 Å². The third-order valence-electron chi connectivity index (χ3n) is 2.43. The summed E-state index contributed by atoms with van der Waals surface area (Å²) in [6.45, 7) is 8.17. The molecule has 4 heteroatoms. The van der Waals surface area contributed by atoms with Gasteiger partial charge in [-0.2, -0.15) is 0 Å². The summed E-state index contributed by atoms with van der Waals surface area (Å²) in [7, 11) is 2.11. The van der Waals surface area contributed by atoms with Crippen molar-refractivity contribution in [2.75, 3.05) is 39.8 Å². The van der Waals surface area contributed by atoms with Gasteiger partial charge in [0.15, 0.2) is 0 Å². The maximum absolute atomic E-state index is 10.5. The second kappa shape index (κ2) is 8.68. The molecule has 90 valence electrons. The van der Waals surface area contributed by atoms with E-state index in [1.807, 2.05) is 11.8 Å². The molecular formula is C11H24N2O2. The first-order valence-electron chi connectivity index (χ1n) is 5.72. The highest BCUT2D eigenvalue weighted by molar-refractivity contribution is 5.69. The maximum Gasteiger partial charge on any atom is 0.317 e. The zero-order chi connectivity index (χ0) is 11.7. The Morgan fingerprint density at radius 2 is 1.87 bits per heavy atom. The van der Waals surface area contributed by atoms with Crippen molar-refractivity contribution in [3.05, 3.63) is 0 Å². The molecule has 0 fully saturated rings. The van der Waals surface area contributed by atoms with Crippen molar-refractivity contribution in [1.82, 2.24) is 9.80 Å². The van der Waals surface area contributed by atoms with Gasteiger partial charge in [-0.3, -0.25) is 9.69 Å². The van der Waals surface area contributed by atoms with Crippen LogP contribution in [0.2, 0.25) is 0 Å². The second-order valence-electron chi connectivity index (χ2n) is 3.92. The minimum absolute atomic E-state index is 0.161. The van der Waals surface area contributed by atoms with Gasteiger partial charge in [-0.1, -0.05) is 13.8 Å². The van der Waals surface area contributed by atoms with Crippen LogP contribution in [0.25, 0.3) is 0 Å². The van der Waals surface area contributed by atoms with Crippen molar-refractivity contribution in [2.45, 2.75) is 26.7 Å². The van der Waals surface area contributed by atoms with Gasteiger partial charge in [0.1, 0.15) is 0 Å². The Hall–Kier alpha value is -0.610. The van der Waals surface area contributed by atoms with Crippen LogP contribution in [0, 0.1) is 0 Å². The van der Waals surface area contributed by atoms with Crippen LogP contribution >= 0.6 is 0 Å². The van der Waals surface area contributed by atoms with Gasteiger partial charge in [0, 0.05) is 0 Å². The molecule has 0 radical (unpaired) electrons. The molecule has 0 unspecified atom stereocenters. The predicted octanol–water partition coefficient (Wildman–Crippen LogP) is 1.12. The number of aliphatic carboxylic acids is 1. The molecule has 0 aliphatic carbocycles. The normalized spacial score (nSPS) is 11.3. The van der Waals surface area contributed by atoms with Crippen molar-refractivity contribution in [2.24, 2.45) is 0 Å². The Bertz CT molecular complexity index is 174. The Morgan fingerprint density at radius 1 is 1.20 bits per heavy atom. The maximum atomic E-state index is 10.5. The number of likely N-dealkylation sites (N-methyl/N-ethyl adjacent to an activating group) is 1. The molecule has 0 aliphatic heterocycles. The average Bonchev–Trinajstić information content (AvgIpc) is 2.16. The molecular weight excluding hydrogens is 192 g/mol. The van der Waals surface area contributed by atoms with E-state index in [0.717, 1.165) is 32.6 Å². The Morgan fingerprint density at radius 3 is 2.33 bits per heavy atom. The first kappa shape index (κ1) is 14.4. The molecule has 0 saturated heterocycles. The van der Waals surface area contributed by atoms with E-state index in [2.05, 4.69) is 18.9 Å². The summed E-state index contributed by atoms with van der Waals surface area (Å²) >= 11 is 0. The summed E-state index contributed by atoms with van der Waals surface area (Å²) in [4.78, 5) is 14.8. The van der Waals surface area contributed by atoms with Gasteiger partial charge in [0.05, 0.1) is 6.54 Å². The highest BCUT2D eigenvalue weighted by atomic mass is 16.4. The Kier molecular flexibility index (Phi) is 8.33. The topological polar surface area (TPSA) is 43.8 Å². The van der Waals surface area contributed by atoms with Crippen LogP contribution in [-0.2, 0) is 4.79 Å². The van der Waals surface area contributed by atoms with E-state index >= 15 is 0 Å². The summed E-state index contributed by atoms with van der Waals surface area (Å²) in [5.74, 6) is -0.737. The lowest BCUT2D eigenvalue weighted by atomic mass is 10.3. The van der Waals surface area contributed by atoms with Crippen LogP contribution < -0.4 is 0 Å². The molecule has 0 spiro atoms. The largest absolute Gasteiger partial charge is 0.480 e. The van der Waals surface area contributed by atoms with E-state index < -0.39 is 5.97 Å². The van der Waals surface area contributed by atoms with E-state index in [-0.39, 0.29) is 6.54 Å². The summed E-state index contributed by atoms with van der Waals surface area (Å²) in [5.41, 5.74) is 0. The van der Waals surface area contributed by atoms with Gasteiger partial charge in [0.2, 0.25) is 0 Å². The summed E-state index contributed by atoms with van der Waals surface area (Å²) in [6.07, 6.45) is 2.21. The highest BCUT2D eigenvalue weighted by Crippen LogP contribution is 1.94. The molecule has 0 atom stereocenters. The number of carboxylic acid groups (broad SMARTS) is 1. The van der Waals surface area contributed by atoms with Gasteiger partial charge >= 0.3 is 5.97 Å². The first-order valence-corrected chi connectivity index (χ1v) is 5.72. The smallest absolute Gasteiger partial charge is 0.317 e. The quantitative estimate of drug-likeness (QED) is 0.627. The van der Waals surface area contributed by atoms with Crippen molar-refractivity contribution in [1.29, 1.82) is 0 Å².